The molecular formula is C15H19N3O. The van der Waals surface area contributed by atoms with E-state index in [1.807, 2.05) is 24.3 Å². The molecule has 1 aromatic heterocycles. The van der Waals surface area contributed by atoms with E-state index >= 15 is 0 Å². The molecule has 0 saturated heterocycles. The van der Waals surface area contributed by atoms with Gasteiger partial charge in [0.15, 0.2) is 0 Å². The van der Waals surface area contributed by atoms with Gasteiger partial charge in [-0.15, -0.1) is 0 Å². The van der Waals surface area contributed by atoms with E-state index in [1.165, 1.54) is 5.69 Å². The van der Waals surface area contributed by atoms with Crippen LogP contribution in [0.15, 0.2) is 42.6 Å². The van der Waals surface area contributed by atoms with E-state index in [0.717, 1.165) is 17.7 Å². The first-order valence-corrected chi connectivity index (χ1v) is 6.37. The lowest BCUT2D eigenvalue weighted by atomic mass is 10.1. The number of aromatic nitrogens is 1. The molecule has 0 aliphatic rings. The Hall–Kier alpha value is -2.23. The van der Waals surface area contributed by atoms with Gasteiger partial charge in [0.1, 0.15) is 0 Å². The zero-order valence-corrected chi connectivity index (χ0v) is 11.3. The summed E-state index contributed by atoms with van der Waals surface area (Å²) in [6, 6.07) is 11.8. The SMILES string of the molecule is CC(C)n1cccc1Cc1cccc(NC(N)=O)c1. The lowest BCUT2D eigenvalue weighted by molar-refractivity contribution is 0.259. The van der Waals surface area contributed by atoms with Crippen LogP contribution in [-0.2, 0) is 6.42 Å². The summed E-state index contributed by atoms with van der Waals surface area (Å²) >= 11 is 0. The molecule has 0 atom stereocenters. The van der Waals surface area contributed by atoms with Crippen LogP contribution in [0.2, 0.25) is 0 Å². The maximum absolute atomic E-state index is 10.8. The summed E-state index contributed by atoms with van der Waals surface area (Å²) in [6.45, 7) is 4.32. The molecule has 1 heterocycles. The number of benzene rings is 1. The Morgan fingerprint density at radius 2 is 2.11 bits per heavy atom. The first-order chi connectivity index (χ1) is 9.06. The highest BCUT2D eigenvalue weighted by molar-refractivity contribution is 5.87. The number of anilines is 1. The third-order valence-electron chi connectivity index (χ3n) is 3.00. The Kier molecular flexibility index (Phi) is 3.90. The Balaban J connectivity index is 2.19. The van der Waals surface area contributed by atoms with Crippen molar-refractivity contribution in [3.63, 3.8) is 0 Å². The van der Waals surface area contributed by atoms with Gasteiger partial charge in [0.05, 0.1) is 0 Å². The van der Waals surface area contributed by atoms with Gasteiger partial charge in [0.25, 0.3) is 0 Å². The smallest absolute Gasteiger partial charge is 0.316 e. The molecule has 0 bridgehead atoms. The second-order valence-corrected chi connectivity index (χ2v) is 4.87. The van der Waals surface area contributed by atoms with Crippen LogP contribution in [0.1, 0.15) is 31.1 Å². The summed E-state index contributed by atoms with van der Waals surface area (Å²) in [7, 11) is 0. The van der Waals surface area contributed by atoms with Crippen molar-refractivity contribution in [2.45, 2.75) is 26.3 Å². The number of nitrogens with two attached hydrogens (primary N) is 1. The van der Waals surface area contributed by atoms with Crippen LogP contribution in [0, 0.1) is 0 Å². The molecule has 1 aromatic carbocycles. The van der Waals surface area contributed by atoms with E-state index in [4.69, 9.17) is 5.73 Å². The van der Waals surface area contributed by atoms with E-state index in [1.54, 1.807) is 0 Å². The molecule has 0 fully saturated rings. The lowest BCUT2D eigenvalue weighted by Crippen LogP contribution is -2.19. The first-order valence-electron chi connectivity index (χ1n) is 6.37. The van der Waals surface area contributed by atoms with Crippen LogP contribution >= 0.6 is 0 Å². The quantitative estimate of drug-likeness (QED) is 0.868. The minimum absolute atomic E-state index is 0.442. The Morgan fingerprint density at radius 3 is 2.79 bits per heavy atom. The van der Waals surface area contributed by atoms with Crippen LogP contribution in [0.3, 0.4) is 0 Å². The van der Waals surface area contributed by atoms with Gasteiger partial charge in [-0.3, -0.25) is 0 Å². The van der Waals surface area contributed by atoms with Crippen LogP contribution < -0.4 is 11.1 Å². The molecule has 0 unspecified atom stereocenters. The molecule has 0 aliphatic carbocycles. The highest BCUT2D eigenvalue weighted by Gasteiger charge is 2.06. The number of nitrogens with zero attached hydrogens (tertiary/aromatic N) is 1. The van der Waals surface area contributed by atoms with Crippen molar-refractivity contribution in [3.05, 3.63) is 53.9 Å². The van der Waals surface area contributed by atoms with Crippen molar-refractivity contribution in [1.82, 2.24) is 4.57 Å². The molecule has 0 aliphatic heterocycles. The summed E-state index contributed by atoms with van der Waals surface area (Å²) in [4.78, 5) is 10.8. The number of carbonyl (C=O) groups is 1. The molecule has 19 heavy (non-hydrogen) atoms. The Bertz CT molecular complexity index is 572. The maximum Gasteiger partial charge on any atom is 0.316 e. The van der Waals surface area contributed by atoms with Gasteiger partial charge in [0, 0.05) is 30.0 Å². The molecule has 0 radical (unpaired) electrons. The normalized spacial score (nSPS) is 10.7. The molecule has 0 spiro atoms. The van der Waals surface area contributed by atoms with Crippen molar-refractivity contribution in [1.29, 1.82) is 0 Å². The van der Waals surface area contributed by atoms with Crippen LogP contribution in [-0.4, -0.2) is 10.6 Å². The van der Waals surface area contributed by atoms with Crippen molar-refractivity contribution in [2.24, 2.45) is 5.73 Å². The summed E-state index contributed by atoms with van der Waals surface area (Å²) in [6.07, 6.45) is 2.92. The summed E-state index contributed by atoms with van der Waals surface area (Å²) in [5, 5.41) is 2.59. The number of rotatable bonds is 4. The molecule has 2 aromatic rings. The maximum atomic E-state index is 10.8. The van der Waals surface area contributed by atoms with Crippen LogP contribution in [0.5, 0.6) is 0 Å². The molecule has 4 heteroatoms. The summed E-state index contributed by atoms with van der Waals surface area (Å²) in [5.74, 6) is 0. The standard InChI is InChI=1S/C15H19N3O/c1-11(2)18-8-4-7-14(18)10-12-5-3-6-13(9-12)17-15(16)19/h3-9,11H,10H2,1-2H3,(H3,16,17,19). The van der Waals surface area contributed by atoms with Crippen molar-refractivity contribution >= 4 is 11.7 Å². The second kappa shape index (κ2) is 5.61. The van der Waals surface area contributed by atoms with Gasteiger partial charge < -0.3 is 15.6 Å². The number of carbonyl (C=O) groups excluding carboxylic acids is 1. The zero-order chi connectivity index (χ0) is 13.8. The van der Waals surface area contributed by atoms with Crippen molar-refractivity contribution < 1.29 is 4.79 Å². The van der Waals surface area contributed by atoms with Crippen molar-refractivity contribution in [3.8, 4) is 0 Å². The Labute approximate surface area is 113 Å². The van der Waals surface area contributed by atoms with E-state index in [2.05, 4.69) is 42.1 Å². The van der Waals surface area contributed by atoms with Gasteiger partial charge in [-0.2, -0.15) is 0 Å². The largest absolute Gasteiger partial charge is 0.351 e. The summed E-state index contributed by atoms with van der Waals surface area (Å²) in [5.41, 5.74) is 8.25. The number of primary amides is 1. The lowest BCUT2D eigenvalue weighted by Gasteiger charge is -2.13. The summed E-state index contributed by atoms with van der Waals surface area (Å²) < 4.78 is 2.24. The highest BCUT2D eigenvalue weighted by Crippen LogP contribution is 2.17. The fourth-order valence-corrected chi connectivity index (χ4v) is 2.19. The average Bonchev–Trinajstić information content (AvgIpc) is 2.76. The Morgan fingerprint density at radius 1 is 1.32 bits per heavy atom. The van der Waals surface area contributed by atoms with Gasteiger partial charge in [0.2, 0.25) is 0 Å². The van der Waals surface area contributed by atoms with E-state index in [-0.39, 0.29) is 0 Å². The molecule has 2 rings (SSSR count). The second-order valence-electron chi connectivity index (χ2n) is 4.87. The number of amides is 2. The highest BCUT2D eigenvalue weighted by atomic mass is 16.2. The van der Waals surface area contributed by atoms with E-state index in [9.17, 15) is 4.79 Å². The van der Waals surface area contributed by atoms with Crippen molar-refractivity contribution in [2.75, 3.05) is 5.32 Å². The van der Waals surface area contributed by atoms with Gasteiger partial charge in [-0.1, -0.05) is 12.1 Å². The topological polar surface area (TPSA) is 60.1 Å². The zero-order valence-electron chi connectivity index (χ0n) is 11.3. The fourth-order valence-electron chi connectivity index (χ4n) is 2.19. The predicted molar refractivity (Wildman–Crippen MR) is 77.3 cm³/mol. The average molecular weight is 257 g/mol. The molecule has 2 amide bonds. The minimum Gasteiger partial charge on any atom is -0.351 e. The predicted octanol–water partition coefficient (Wildman–Crippen LogP) is 3.15. The third kappa shape index (κ3) is 3.37. The number of hydrogen-bond donors (Lipinski definition) is 2. The number of nitrogens with one attached hydrogen (secondary N) is 1. The fraction of sp³-hybridized carbons (Fsp3) is 0.267. The number of hydrogen-bond acceptors (Lipinski definition) is 1. The monoisotopic (exact) mass is 257 g/mol. The molecule has 100 valence electrons. The third-order valence-corrected chi connectivity index (χ3v) is 3.00. The molecule has 0 saturated carbocycles. The van der Waals surface area contributed by atoms with Crippen LogP contribution in [0.25, 0.3) is 0 Å². The van der Waals surface area contributed by atoms with Gasteiger partial charge >= 0.3 is 6.03 Å². The number of urea groups is 1. The molecule has 4 nitrogen and oxygen atoms in total. The van der Waals surface area contributed by atoms with Gasteiger partial charge in [-0.25, -0.2) is 4.79 Å². The van der Waals surface area contributed by atoms with E-state index in [0.29, 0.717) is 6.04 Å². The van der Waals surface area contributed by atoms with Crippen LogP contribution in [0.4, 0.5) is 10.5 Å². The van der Waals surface area contributed by atoms with Gasteiger partial charge in [-0.05, 0) is 43.7 Å². The van der Waals surface area contributed by atoms with E-state index < -0.39 is 6.03 Å². The first kappa shape index (κ1) is 13.2. The minimum atomic E-state index is -0.539. The molecule has 3 N–H and O–H groups in total. The molecular weight excluding hydrogens is 238 g/mol.